The number of hydrogen-bond acceptors (Lipinski definition) is 6. The van der Waals surface area contributed by atoms with Crippen LogP contribution in [0.3, 0.4) is 0 Å². The van der Waals surface area contributed by atoms with Gasteiger partial charge in [-0.3, -0.25) is 14.6 Å². The molecule has 2 aliphatic heterocycles. The van der Waals surface area contributed by atoms with E-state index in [1.54, 1.807) is 37.1 Å². The van der Waals surface area contributed by atoms with Crippen molar-refractivity contribution in [2.45, 2.75) is 13.0 Å². The Hall–Kier alpha value is -4.70. The molecule has 0 bridgehead atoms. The molecule has 0 aliphatic carbocycles. The third-order valence-corrected chi connectivity index (χ3v) is 7.38. The fourth-order valence-corrected chi connectivity index (χ4v) is 5.16. The Labute approximate surface area is 244 Å². The van der Waals surface area contributed by atoms with Gasteiger partial charge in [-0.25, -0.2) is 14.0 Å². The fraction of sp³-hybridized carbons (Fsp3) is 0.281. The number of nitrogens with one attached hydrogen (secondary N) is 1. The second kappa shape index (κ2) is 12.9. The third-order valence-electron chi connectivity index (χ3n) is 7.38. The average Bonchev–Trinajstić information content (AvgIpc) is 3.00. The number of likely N-dealkylation sites (N-methyl/N-ethyl adjacent to an activating group) is 1. The number of para-hydroxylation sites is 1. The lowest BCUT2D eigenvalue weighted by Gasteiger charge is -2.39. The zero-order valence-corrected chi connectivity index (χ0v) is 23.6. The zero-order valence-electron chi connectivity index (χ0n) is 23.6. The van der Waals surface area contributed by atoms with E-state index in [0.29, 0.717) is 54.5 Å². The normalized spacial score (nSPS) is 17.6. The number of halogens is 1. The van der Waals surface area contributed by atoms with Crippen LogP contribution in [0.4, 0.5) is 9.18 Å². The monoisotopic (exact) mass is 572 g/mol. The van der Waals surface area contributed by atoms with E-state index in [-0.39, 0.29) is 30.7 Å². The smallest absolute Gasteiger partial charge is 0.338 e. The van der Waals surface area contributed by atoms with Gasteiger partial charge in [0.25, 0.3) is 5.91 Å². The number of piperazine rings is 1. The highest BCUT2D eigenvalue weighted by atomic mass is 19.1. The highest BCUT2D eigenvalue weighted by molar-refractivity contribution is 5.95. The number of nitrogens with zero attached hydrogens (tertiary/aromatic N) is 3. The molecule has 42 heavy (non-hydrogen) atoms. The number of carbonyl (C=O) groups excluding carboxylic acids is 3. The standard InChI is InChI=1S/C32H33FN4O5/c1-3-41-31(39)28-27(21-36-16-18-37(19-17-36)30(38)25-14-7-8-15-26(25)33)35(2)32(40)34-29(28)22-10-9-13-24(20-22)42-23-11-5-4-6-12-23/h4-15,20,29H,3,16-19,21H2,1-2H3,(H,34,40). The lowest BCUT2D eigenvalue weighted by atomic mass is 9.94. The minimum absolute atomic E-state index is 0.0447. The van der Waals surface area contributed by atoms with Crippen molar-refractivity contribution in [1.82, 2.24) is 20.0 Å². The summed E-state index contributed by atoms with van der Waals surface area (Å²) >= 11 is 0. The predicted molar refractivity (Wildman–Crippen MR) is 154 cm³/mol. The van der Waals surface area contributed by atoms with Gasteiger partial charge in [0.05, 0.1) is 23.8 Å². The number of urea groups is 1. The van der Waals surface area contributed by atoms with Crippen LogP contribution in [0.25, 0.3) is 0 Å². The predicted octanol–water partition coefficient (Wildman–Crippen LogP) is 4.59. The number of carbonyl (C=O) groups is 3. The van der Waals surface area contributed by atoms with Gasteiger partial charge < -0.3 is 19.7 Å². The third kappa shape index (κ3) is 6.28. The van der Waals surface area contributed by atoms with Crippen LogP contribution in [0.15, 0.2) is 90.1 Å². The SMILES string of the molecule is CCOC(=O)C1=C(CN2CCN(C(=O)c3ccccc3F)CC2)N(C)C(=O)NC1c1cccc(Oc2ccccc2)c1. The highest BCUT2D eigenvalue weighted by Gasteiger charge is 2.38. The molecule has 0 spiro atoms. The summed E-state index contributed by atoms with van der Waals surface area (Å²) in [7, 11) is 1.62. The zero-order chi connectivity index (χ0) is 29.6. The second-order valence-electron chi connectivity index (χ2n) is 10.1. The molecule has 1 fully saturated rings. The Morgan fingerprint density at radius 2 is 1.62 bits per heavy atom. The lowest BCUT2D eigenvalue weighted by molar-refractivity contribution is -0.139. The first-order chi connectivity index (χ1) is 20.4. The van der Waals surface area contributed by atoms with Crippen molar-refractivity contribution in [2.75, 3.05) is 46.4 Å². The van der Waals surface area contributed by atoms with E-state index in [1.807, 2.05) is 48.5 Å². The van der Waals surface area contributed by atoms with Gasteiger partial charge in [-0.15, -0.1) is 0 Å². The Balaban J connectivity index is 1.39. The minimum atomic E-state index is -0.758. The van der Waals surface area contributed by atoms with E-state index < -0.39 is 17.8 Å². The fourth-order valence-electron chi connectivity index (χ4n) is 5.16. The molecule has 3 amide bonds. The number of benzene rings is 3. The molecule has 0 saturated carbocycles. The van der Waals surface area contributed by atoms with Gasteiger partial charge in [0.1, 0.15) is 17.3 Å². The summed E-state index contributed by atoms with van der Waals surface area (Å²) < 4.78 is 25.7. The maximum atomic E-state index is 14.2. The quantitative estimate of drug-likeness (QED) is 0.397. The van der Waals surface area contributed by atoms with E-state index in [1.165, 1.54) is 17.0 Å². The number of rotatable bonds is 8. The van der Waals surface area contributed by atoms with Gasteiger partial charge in [-0.05, 0) is 48.9 Å². The number of ether oxygens (including phenoxy) is 2. The molecule has 1 N–H and O–H groups in total. The summed E-state index contributed by atoms with van der Waals surface area (Å²) in [6.07, 6.45) is 0. The second-order valence-corrected chi connectivity index (χ2v) is 10.1. The van der Waals surface area contributed by atoms with Crippen molar-refractivity contribution in [1.29, 1.82) is 0 Å². The Bertz CT molecular complexity index is 1490. The molecule has 3 aromatic carbocycles. The van der Waals surface area contributed by atoms with Gasteiger partial charge in [0.2, 0.25) is 0 Å². The first kappa shape index (κ1) is 28.8. The van der Waals surface area contributed by atoms with Gasteiger partial charge >= 0.3 is 12.0 Å². The molecule has 10 heteroatoms. The maximum Gasteiger partial charge on any atom is 0.338 e. The Morgan fingerprint density at radius 3 is 2.33 bits per heavy atom. The van der Waals surface area contributed by atoms with E-state index >= 15 is 0 Å². The van der Waals surface area contributed by atoms with E-state index in [0.717, 1.165) is 0 Å². The molecule has 1 saturated heterocycles. The molecule has 218 valence electrons. The molecule has 0 aromatic heterocycles. The van der Waals surface area contributed by atoms with Gasteiger partial charge in [0.15, 0.2) is 0 Å². The van der Waals surface area contributed by atoms with Crippen LogP contribution < -0.4 is 10.1 Å². The van der Waals surface area contributed by atoms with E-state index in [9.17, 15) is 18.8 Å². The largest absolute Gasteiger partial charge is 0.463 e. The van der Waals surface area contributed by atoms with E-state index in [2.05, 4.69) is 10.2 Å². The van der Waals surface area contributed by atoms with Crippen LogP contribution in [-0.4, -0.2) is 79.0 Å². The number of amides is 3. The van der Waals surface area contributed by atoms with Crippen LogP contribution in [0, 0.1) is 5.82 Å². The van der Waals surface area contributed by atoms with Crippen molar-refractivity contribution in [3.05, 3.63) is 107 Å². The van der Waals surface area contributed by atoms with Crippen LogP contribution in [0.2, 0.25) is 0 Å². The average molecular weight is 573 g/mol. The van der Waals surface area contributed by atoms with Gasteiger partial charge in [-0.1, -0.05) is 42.5 Å². The van der Waals surface area contributed by atoms with Crippen molar-refractivity contribution in [2.24, 2.45) is 0 Å². The molecule has 2 heterocycles. The van der Waals surface area contributed by atoms with Crippen molar-refractivity contribution in [3.8, 4) is 11.5 Å². The Kier molecular flexibility index (Phi) is 8.83. The van der Waals surface area contributed by atoms with Crippen molar-refractivity contribution >= 4 is 17.9 Å². The molecule has 1 unspecified atom stereocenters. The molecule has 5 rings (SSSR count). The first-order valence-corrected chi connectivity index (χ1v) is 13.9. The maximum absolute atomic E-state index is 14.2. The first-order valence-electron chi connectivity index (χ1n) is 13.9. The van der Waals surface area contributed by atoms with Crippen molar-refractivity contribution in [3.63, 3.8) is 0 Å². The summed E-state index contributed by atoms with van der Waals surface area (Å²) in [4.78, 5) is 44.6. The lowest BCUT2D eigenvalue weighted by Crippen LogP contribution is -2.53. The molecule has 3 aromatic rings. The molecular formula is C32H33FN4O5. The molecule has 9 nitrogen and oxygen atoms in total. The van der Waals surface area contributed by atoms with Gasteiger partial charge in [-0.2, -0.15) is 0 Å². The number of hydrogen-bond donors (Lipinski definition) is 1. The summed E-state index contributed by atoms with van der Waals surface area (Å²) in [5.74, 6) is -0.199. The number of esters is 1. The molecular weight excluding hydrogens is 539 g/mol. The van der Waals surface area contributed by atoms with Crippen LogP contribution in [-0.2, 0) is 9.53 Å². The highest BCUT2D eigenvalue weighted by Crippen LogP contribution is 2.34. The van der Waals surface area contributed by atoms with Crippen LogP contribution >= 0.6 is 0 Å². The van der Waals surface area contributed by atoms with Gasteiger partial charge in [0, 0.05) is 45.5 Å². The van der Waals surface area contributed by atoms with Crippen LogP contribution in [0.5, 0.6) is 11.5 Å². The molecule has 1 atom stereocenters. The topological polar surface area (TPSA) is 91.4 Å². The molecule has 2 aliphatic rings. The van der Waals surface area contributed by atoms with E-state index in [4.69, 9.17) is 9.47 Å². The summed E-state index contributed by atoms with van der Waals surface area (Å²) in [5, 5.41) is 2.94. The van der Waals surface area contributed by atoms with Crippen LogP contribution in [0.1, 0.15) is 28.9 Å². The van der Waals surface area contributed by atoms with Crippen molar-refractivity contribution < 1.29 is 28.2 Å². The molecule has 0 radical (unpaired) electrons. The minimum Gasteiger partial charge on any atom is -0.463 e. The Morgan fingerprint density at radius 1 is 0.929 bits per heavy atom. The summed E-state index contributed by atoms with van der Waals surface area (Å²) in [6, 6.07) is 21.4. The summed E-state index contributed by atoms with van der Waals surface area (Å²) in [5.41, 5.74) is 1.57. The summed E-state index contributed by atoms with van der Waals surface area (Å²) in [6.45, 7) is 3.93.